The van der Waals surface area contributed by atoms with Crippen molar-refractivity contribution in [2.75, 3.05) is 7.11 Å². The highest BCUT2D eigenvalue weighted by atomic mass is 16.5. The minimum atomic E-state index is -0.253. The summed E-state index contributed by atoms with van der Waals surface area (Å²) >= 11 is 0. The normalized spacial score (nSPS) is 10.5. The molecule has 1 aromatic heterocycles. The average molecular weight is 308 g/mol. The SMILES string of the molecule is COc1ccc(-c2cn(-c3cccc(C(C)=O)c3)c(=O)[nH]2)cc1. The number of methoxy groups -OCH3 is 1. The Balaban J connectivity index is 2.02. The molecule has 0 aliphatic rings. The van der Waals surface area contributed by atoms with Crippen molar-refractivity contribution in [3.63, 3.8) is 0 Å². The molecule has 2 aromatic carbocycles. The van der Waals surface area contributed by atoms with E-state index in [9.17, 15) is 9.59 Å². The van der Waals surface area contributed by atoms with E-state index in [1.807, 2.05) is 24.3 Å². The van der Waals surface area contributed by atoms with Gasteiger partial charge >= 0.3 is 5.69 Å². The van der Waals surface area contributed by atoms with E-state index in [-0.39, 0.29) is 11.5 Å². The van der Waals surface area contributed by atoms with Crippen molar-refractivity contribution in [1.29, 1.82) is 0 Å². The number of hydrogen-bond acceptors (Lipinski definition) is 3. The number of aromatic nitrogens is 2. The van der Waals surface area contributed by atoms with Crippen LogP contribution in [0.15, 0.2) is 59.5 Å². The van der Waals surface area contributed by atoms with Crippen LogP contribution in [0, 0.1) is 0 Å². The van der Waals surface area contributed by atoms with E-state index in [1.165, 1.54) is 11.5 Å². The van der Waals surface area contributed by atoms with Crippen LogP contribution in [0.4, 0.5) is 0 Å². The molecule has 0 radical (unpaired) electrons. The first-order valence-corrected chi connectivity index (χ1v) is 7.16. The topological polar surface area (TPSA) is 64.1 Å². The summed E-state index contributed by atoms with van der Waals surface area (Å²) in [5.41, 5.74) is 2.55. The summed E-state index contributed by atoms with van der Waals surface area (Å²) in [6.07, 6.45) is 1.73. The van der Waals surface area contributed by atoms with Gasteiger partial charge in [0.25, 0.3) is 0 Å². The van der Waals surface area contributed by atoms with Crippen LogP contribution in [0.25, 0.3) is 16.9 Å². The molecule has 3 rings (SSSR count). The standard InChI is InChI=1S/C18H16N2O3/c1-12(21)14-4-3-5-15(10-14)20-11-17(19-18(20)22)13-6-8-16(23-2)9-7-13/h3-11H,1-2H3,(H,19,22). The molecule has 116 valence electrons. The molecule has 1 N–H and O–H groups in total. The minimum absolute atomic E-state index is 0.0363. The number of H-pyrrole nitrogens is 1. The van der Waals surface area contributed by atoms with E-state index in [2.05, 4.69) is 4.98 Å². The minimum Gasteiger partial charge on any atom is -0.497 e. The fourth-order valence-electron chi connectivity index (χ4n) is 2.38. The van der Waals surface area contributed by atoms with Gasteiger partial charge in [-0.2, -0.15) is 0 Å². The zero-order valence-electron chi connectivity index (χ0n) is 12.9. The van der Waals surface area contributed by atoms with Gasteiger partial charge in [-0.15, -0.1) is 0 Å². The van der Waals surface area contributed by atoms with Crippen LogP contribution in [-0.2, 0) is 0 Å². The van der Waals surface area contributed by atoms with E-state index in [1.54, 1.807) is 37.6 Å². The third-order valence-corrected chi connectivity index (χ3v) is 3.65. The number of nitrogens with zero attached hydrogens (tertiary/aromatic N) is 1. The van der Waals surface area contributed by atoms with Crippen LogP contribution in [0.3, 0.4) is 0 Å². The van der Waals surface area contributed by atoms with E-state index in [0.29, 0.717) is 16.9 Å². The molecule has 3 aromatic rings. The molecule has 0 aliphatic heterocycles. The van der Waals surface area contributed by atoms with Crippen LogP contribution in [0.1, 0.15) is 17.3 Å². The summed E-state index contributed by atoms with van der Waals surface area (Å²) in [4.78, 5) is 26.5. The summed E-state index contributed by atoms with van der Waals surface area (Å²) in [7, 11) is 1.61. The average Bonchev–Trinajstić information content (AvgIpc) is 2.97. The van der Waals surface area contributed by atoms with Gasteiger partial charge in [0.05, 0.1) is 18.5 Å². The lowest BCUT2D eigenvalue weighted by Gasteiger charge is -2.03. The van der Waals surface area contributed by atoms with Crippen molar-refractivity contribution in [2.24, 2.45) is 0 Å². The molecule has 0 aliphatic carbocycles. The summed E-state index contributed by atoms with van der Waals surface area (Å²) in [6, 6.07) is 14.4. The third kappa shape index (κ3) is 2.94. The van der Waals surface area contributed by atoms with Gasteiger partial charge in [0, 0.05) is 11.8 Å². The number of carbonyl (C=O) groups is 1. The molecule has 0 amide bonds. The smallest absolute Gasteiger partial charge is 0.330 e. The molecule has 5 heteroatoms. The maximum atomic E-state index is 12.2. The Hall–Kier alpha value is -3.08. The molecule has 1 heterocycles. The second kappa shape index (κ2) is 5.96. The van der Waals surface area contributed by atoms with Crippen LogP contribution < -0.4 is 10.4 Å². The summed E-state index contributed by atoms with van der Waals surface area (Å²) in [6.45, 7) is 1.50. The Kier molecular flexibility index (Phi) is 3.85. The maximum absolute atomic E-state index is 12.2. The molecule has 0 atom stereocenters. The molecule has 0 saturated carbocycles. The first kappa shape index (κ1) is 14.8. The van der Waals surface area contributed by atoms with Gasteiger partial charge in [-0.1, -0.05) is 12.1 Å². The quantitative estimate of drug-likeness (QED) is 0.753. The summed E-state index contributed by atoms with van der Waals surface area (Å²) in [5.74, 6) is 0.718. The Bertz CT molecular complexity index is 905. The number of hydrogen-bond donors (Lipinski definition) is 1. The zero-order valence-corrected chi connectivity index (χ0v) is 12.9. The second-order valence-corrected chi connectivity index (χ2v) is 5.18. The molecular weight excluding hydrogens is 292 g/mol. The zero-order chi connectivity index (χ0) is 16.4. The van der Waals surface area contributed by atoms with E-state index >= 15 is 0 Å². The molecule has 5 nitrogen and oxygen atoms in total. The lowest BCUT2D eigenvalue weighted by Crippen LogP contribution is -2.14. The lowest BCUT2D eigenvalue weighted by atomic mass is 10.1. The maximum Gasteiger partial charge on any atom is 0.330 e. The molecular formula is C18H16N2O3. The highest BCUT2D eigenvalue weighted by Gasteiger charge is 2.09. The summed E-state index contributed by atoms with van der Waals surface area (Å²) in [5, 5.41) is 0. The molecule has 0 saturated heterocycles. The van der Waals surface area contributed by atoms with Crippen molar-refractivity contribution < 1.29 is 9.53 Å². The number of carbonyl (C=O) groups excluding carboxylic acids is 1. The Morgan fingerprint density at radius 3 is 2.52 bits per heavy atom. The molecule has 0 spiro atoms. The number of Topliss-reactive ketones (excluding diaryl/α,β-unsaturated/α-hetero) is 1. The number of nitrogens with one attached hydrogen (secondary N) is 1. The van der Waals surface area contributed by atoms with Gasteiger partial charge in [-0.3, -0.25) is 9.36 Å². The first-order valence-electron chi connectivity index (χ1n) is 7.16. The largest absolute Gasteiger partial charge is 0.497 e. The van der Waals surface area contributed by atoms with Crippen molar-refractivity contribution in [3.05, 3.63) is 70.8 Å². The molecule has 23 heavy (non-hydrogen) atoms. The third-order valence-electron chi connectivity index (χ3n) is 3.65. The van der Waals surface area contributed by atoms with E-state index in [4.69, 9.17) is 4.74 Å². The van der Waals surface area contributed by atoms with Gasteiger partial charge in [-0.25, -0.2) is 4.79 Å². The number of ketones is 1. The second-order valence-electron chi connectivity index (χ2n) is 5.18. The van der Waals surface area contributed by atoms with Gasteiger partial charge in [0.15, 0.2) is 5.78 Å². The Morgan fingerprint density at radius 2 is 1.87 bits per heavy atom. The first-order chi connectivity index (χ1) is 11.1. The van der Waals surface area contributed by atoms with Gasteiger partial charge in [-0.05, 0) is 48.9 Å². The van der Waals surface area contributed by atoms with Gasteiger partial charge in [0.2, 0.25) is 0 Å². The number of imidazole rings is 1. The Morgan fingerprint density at radius 1 is 1.13 bits per heavy atom. The molecule has 0 fully saturated rings. The predicted molar refractivity (Wildman–Crippen MR) is 88.4 cm³/mol. The van der Waals surface area contributed by atoms with Crippen LogP contribution >= 0.6 is 0 Å². The van der Waals surface area contributed by atoms with Crippen molar-refractivity contribution >= 4 is 5.78 Å². The van der Waals surface area contributed by atoms with Gasteiger partial charge < -0.3 is 9.72 Å². The predicted octanol–water partition coefficient (Wildman–Crippen LogP) is 3.04. The van der Waals surface area contributed by atoms with Crippen LogP contribution in [0.5, 0.6) is 5.75 Å². The molecule has 0 bridgehead atoms. The molecule has 0 unspecified atom stereocenters. The van der Waals surface area contributed by atoms with Gasteiger partial charge in [0.1, 0.15) is 5.75 Å². The fourth-order valence-corrected chi connectivity index (χ4v) is 2.38. The highest BCUT2D eigenvalue weighted by Crippen LogP contribution is 2.21. The number of rotatable bonds is 4. The van der Waals surface area contributed by atoms with Crippen molar-refractivity contribution in [3.8, 4) is 22.7 Å². The van der Waals surface area contributed by atoms with Crippen LogP contribution in [-0.4, -0.2) is 22.4 Å². The van der Waals surface area contributed by atoms with Crippen LogP contribution in [0.2, 0.25) is 0 Å². The monoisotopic (exact) mass is 308 g/mol. The summed E-state index contributed by atoms with van der Waals surface area (Å²) < 4.78 is 6.62. The van der Waals surface area contributed by atoms with E-state index < -0.39 is 0 Å². The number of aromatic amines is 1. The van der Waals surface area contributed by atoms with Crippen molar-refractivity contribution in [1.82, 2.24) is 9.55 Å². The number of benzene rings is 2. The Labute approximate surface area is 133 Å². The lowest BCUT2D eigenvalue weighted by molar-refractivity contribution is 0.101. The number of ether oxygens (including phenoxy) is 1. The van der Waals surface area contributed by atoms with Crippen molar-refractivity contribution in [2.45, 2.75) is 6.92 Å². The fraction of sp³-hybridized carbons (Fsp3) is 0.111. The van der Waals surface area contributed by atoms with E-state index in [0.717, 1.165) is 11.3 Å². The highest BCUT2D eigenvalue weighted by molar-refractivity contribution is 5.94.